The minimum atomic E-state index is -0.988. The van der Waals surface area contributed by atoms with Crippen molar-refractivity contribution < 1.29 is 32.7 Å². The fourth-order valence-corrected chi connectivity index (χ4v) is 4.62. The van der Waals surface area contributed by atoms with Crippen molar-refractivity contribution in [2.75, 3.05) is 0 Å². The molecular formula is C26H31FN2O6. The van der Waals surface area contributed by atoms with Gasteiger partial charge in [-0.2, -0.15) is 0 Å². The van der Waals surface area contributed by atoms with E-state index in [9.17, 15) is 18.8 Å². The van der Waals surface area contributed by atoms with E-state index in [-0.39, 0.29) is 30.6 Å². The number of amides is 2. The molecule has 0 bridgehead atoms. The van der Waals surface area contributed by atoms with E-state index < -0.39 is 30.0 Å². The number of halogens is 1. The zero-order valence-electron chi connectivity index (χ0n) is 20.0. The molecule has 1 aromatic carbocycles. The van der Waals surface area contributed by atoms with Crippen LogP contribution in [0.5, 0.6) is 0 Å². The summed E-state index contributed by atoms with van der Waals surface area (Å²) in [5.74, 6) is -1.16. The SMILES string of the molecule is CC(C)O[C@H]1OC(=O)C[C@@H]1N(NC(=O)c1ccc(-c2cccc(F)c2)o1)C(=O)CCC1CCCC1. The highest BCUT2D eigenvalue weighted by molar-refractivity contribution is 5.93. The Kier molecular flexibility index (Phi) is 7.85. The van der Waals surface area contributed by atoms with Crippen LogP contribution in [-0.4, -0.2) is 41.2 Å². The maximum Gasteiger partial charge on any atom is 0.310 e. The summed E-state index contributed by atoms with van der Waals surface area (Å²) in [6.07, 6.45) is 4.14. The van der Waals surface area contributed by atoms with Crippen LogP contribution < -0.4 is 5.43 Å². The van der Waals surface area contributed by atoms with Crippen LogP contribution in [0.4, 0.5) is 4.39 Å². The lowest BCUT2D eigenvalue weighted by Crippen LogP contribution is -2.55. The Morgan fingerprint density at radius 3 is 2.69 bits per heavy atom. The van der Waals surface area contributed by atoms with Crippen molar-refractivity contribution in [1.29, 1.82) is 0 Å². The zero-order valence-corrected chi connectivity index (χ0v) is 20.0. The molecule has 1 aliphatic heterocycles. The van der Waals surface area contributed by atoms with Crippen molar-refractivity contribution in [1.82, 2.24) is 10.4 Å². The quantitative estimate of drug-likeness (QED) is 0.433. The lowest BCUT2D eigenvalue weighted by molar-refractivity contribution is -0.182. The first-order chi connectivity index (χ1) is 16.8. The van der Waals surface area contributed by atoms with Crippen LogP contribution in [0.25, 0.3) is 11.3 Å². The van der Waals surface area contributed by atoms with Crippen molar-refractivity contribution in [3.05, 3.63) is 48.0 Å². The van der Waals surface area contributed by atoms with Crippen LogP contribution in [0, 0.1) is 11.7 Å². The Hall–Kier alpha value is -3.20. The first kappa shape index (κ1) is 24.9. The molecule has 2 atom stereocenters. The van der Waals surface area contributed by atoms with E-state index in [1.165, 1.54) is 36.0 Å². The number of furan rings is 1. The lowest BCUT2D eigenvalue weighted by Gasteiger charge is -2.31. The van der Waals surface area contributed by atoms with Crippen molar-refractivity contribution in [2.24, 2.45) is 5.92 Å². The molecule has 0 spiro atoms. The molecule has 2 heterocycles. The Balaban J connectivity index is 1.51. The number of carbonyl (C=O) groups is 3. The number of nitrogens with one attached hydrogen (secondary N) is 1. The van der Waals surface area contributed by atoms with Gasteiger partial charge in [-0.15, -0.1) is 0 Å². The largest absolute Gasteiger partial charge is 0.451 e. The van der Waals surface area contributed by atoms with Gasteiger partial charge < -0.3 is 13.9 Å². The van der Waals surface area contributed by atoms with Crippen LogP contribution in [0.3, 0.4) is 0 Å². The average molecular weight is 487 g/mol. The maximum absolute atomic E-state index is 13.6. The van der Waals surface area contributed by atoms with Gasteiger partial charge in [-0.05, 0) is 50.5 Å². The first-order valence-electron chi connectivity index (χ1n) is 12.1. The van der Waals surface area contributed by atoms with Crippen LogP contribution in [0.1, 0.15) is 69.3 Å². The van der Waals surface area contributed by atoms with E-state index in [1.54, 1.807) is 32.0 Å². The van der Waals surface area contributed by atoms with Gasteiger partial charge in [0.25, 0.3) is 0 Å². The predicted molar refractivity (Wildman–Crippen MR) is 124 cm³/mol. The van der Waals surface area contributed by atoms with Crippen LogP contribution in [0.2, 0.25) is 0 Å². The van der Waals surface area contributed by atoms with Gasteiger partial charge in [0.2, 0.25) is 12.2 Å². The minimum Gasteiger partial charge on any atom is -0.451 e. The third-order valence-electron chi connectivity index (χ3n) is 6.35. The standard InChI is InChI=1S/C26H31FN2O6/c1-16(2)33-26-20(15-24(31)35-26)29(23(30)13-10-17-6-3-4-7-17)28-25(32)22-12-11-21(34-22)18-8-5-9-19(27)14-18/h5,8-9,11-12,14,16-17,20,26H,3-4,6-7,10,13,15H2,1-2H3,(H,28,32)/t20-,26-/m0/s1. The summed E-state index contributed by atoms with van der Waals surface area (Å²) < 4.78 is 30.2. The molecule has 2 aliphatic rings. The number of esters is 1. The van der Waals surface area contributed by atoms with Gasteiger partial charge in [0.05, 0.1) is 12.5 Å². The predicted octanol–water partition coefficient (Wildman–Crippen LogP) is 4.60. The Morgan fingerprint density at radius 2 is 1.97 bits per heavy atom. The van der Waals surface area contributed by atoms with Gasteiger partial charge in [0.15, 0.2) is 5.76 Å². The molecule has 1 saturated carbocycles. The molecule has 1 aliphatic carbocycles. The fraction of sp³-hybridized carbons (Fsp3) is 0.500. The van der Waals surface area contributed by atoms with Crippen LogP contribution >= 0.6 is 0 Å². The number of benzene rings is 1. The van der Waals surface area contributed by atoms with E-state index in [2.05, 4.69) is 5.43 Å². The van der Waals surface area contributed by atoms with Crippen molar-refractivity contribution in [2.45, 2.75) is 77.2 Å². The van der Waals surface area contributed by atoms with Gasteiger partial charge in [0, 0.05) is 12.0 Å². The van der Waals surface area contributed by atoms with Gasteiger partial charge in [-0.1, -0.05) is 37.8 Å². The second-order valence-electron chi connectivity index (χ2n) is 9.38. The average Bonchev–Trinajstić information content (AvgIpc) is 3.57. The van der Waals surface area contributed by atoms with E-state index >= 15 is 0 Å². The zero-order chi connectivity index (χ0) is 24.9. The van der Waals surface area contributed by atoms with E-state index in [0.717, 1.165) is 12.8 Å². The summed E-state index contributed by atoms with van der Waals surface area (Å²) in [4.78, 5) is 38.4. The number of hydrazine groups is 1. The maximum atomic E-state index is 13.6. The molecule has 188 valence electrons. The first-order valence-corrected chi connectivity index (χ1v) is 12.1. The molecule has 2 fully saturated rings. The lowest BCUT2D eigenvalue weighted by atomic mass is 10.0. The second-order valence-corrected chi connectivity index (χ2v) is 9.38. The number of hydrogen-bond acceptors (Lipinski definition) is 6. The van der Waals surface area contributed by atoms with Gasteiger partial charge in [-0.25, -0.2) is 9.40 Å². The Labute approximate surface area is 203 Å². The number of rotatable bonds is 8. The van der Waals surface area contributed by atoms with Crippen molar-refractivity contribution in [3.63, 3.8) is 0 Å². The van der Waals surface area contributed by atoms with Gasteiger partial charge in [0.1, 0.15) is 17.6 Å². The third-order valence-corrected chi connectivity index (χ3v) is 6.35. The molecular weight excluding hydrogens is 455 g/mol. The fourth-order valence-electron chi connectivity index (χ4n) is 4.62. The highest BCUT2D eigenvalue weighted by Gasteiger charge is 2.43. The smallest absolute Gasteiger partial charge is 0.310 e. The molecule has 2 aromatic rings. The molecule has 9 heteroatoms. The van der Waals surface area contributed by atoms with Crippen LogP contribution in [-0.2, 0) is 19.1 Å². The molecule has 8 nitrogen and oxygen atoms in total. The number of hydrogen-bond donors (Lipinski definition) is 1. The van der Waals surface area contributed by atoms with E-state index in [4.69, 9.17) is 13.9 Å². The normalized spacial score (nSPS) is 20.3. The van der Waals surface area contributed by atoms with Crippen LogP contribution in [0.15, 0.2) is 40.8 Å². The summed E-state index contributed by atoms with van der Waals surface area (Å²) in [5.41, 5.74) is 3.10. The molecule has 2 amide bonds. The number of carbonyl (C=O) groups excluding carboxylic acids is 3. The minimum absolute atomic E-state index is 0.0515. The van der Waals surface area contributed by atoms with E-state index in [1.807, 2.05) is 0 Å². The van der Waals surface area contributed by atoms with Gasteiger partial charge >= 0.3 is 11.9 Å². The van der Waals surface area contributed by atoms with Gasteiger partial charge in [-0.3, -0.25) is 19.8 Å². The summed E-state index contributed by atoms with van der Waals surface area (Å²) in [5, 5.41) is 1.17. The summed E-state index contributed by atoms with van der Waals surface area (Å²) in [6, 6.07) is 8.03. The summed E-state index contributed by atoms with van der Waals surface area (Å²) in [7, 11) is 0. The number of cyclic esters (lactones) is 1. The molecule has 1 N–H and O–H groups in total. The van der Waals surface area contributed by atoms with E-state index in [0.29, 0.717) is 23.7 Å². The van der Waals surface area contributed by atoms with Crippen molar-refractivity contribution >= 4 is 17.8 Å². The van der Waals surface area contributed by atoms with Crippen molar-refractivity contribution in [3.8, 4) is 11.3 Å². The highest BCUT2D eigenvalue weighted by atomic mass is 19.1. The molecule has 4 rings (SSSR count). The second kappa shape index (κ2) is 11.0. The molecule has 1 aromatic heterocycles. The Bertz CT molecular complexity index is 1060. The number of ether oxygens (including phenoxy) is 2. The molecule has 35 heavy (non-hydrogen) atoms. The number of nitrogens with zero attached hydrogens (tertiary/aromatic N) is 1. The molecule has 0 unspecified atom stereocenters. The summed E-state index contributed by atoms with van der Waals surface area (Å²) >= 11 is 0. The molecule has 0 radical (unpaired) electrons. The third kappa shape index (κ3) is 6.28. The highest BCUT2D eigenvalue weighted by Crippen LogP contribution is 2.30. The Morgan fingerprint density at radius 1 is 1.20 bits per heavy atom. The molecule has 1 saturated heterocycles. The monoisotopic (exact) mass is 486 g/mol. The topological polar surface area (TPSA) is 98.1 Å². The summed E-state index contributed by atoms with van der Waals surface area (Å²) in [6.45, 7) is 3.59.